The average molecular weight is 465 g/mol. The Morgan fingerprint density at radius 3 is 2.42 bits per heavy atom. The first-order chi connectivity index (χ1) is 15.6. The van der Waals surface area contributed by atoms with Crippen molar-refractivity contribution in [2.75, 3.05) is 32.1 Å². The number of amides is 1. The number of hydrogen-bond acceptors (Lipinski definition) is 4. The van der Waals surface area contributed by atoms with E-state index in [4.69, 9.17) is 4.98 Å². The molecule has 0 unspecified atom stereocenters. The fraction of sp³-hybridized carbons (Fsp3) is 0.481. The molecule has 1 fully saturated rings. The van der Waals surface area contributed by atoms with E-state index in [0.29, 0.717) is 5.92 Å². The zero-order valence-corrected chi connectivity index (χ0v) is 21.6. The number of carbonyl (C=O) groups is 1. The lowest BCUT2D eigenvalue weighted by molar-refractivity contribution is -0.130. The monoisotopic (exact) mass is 464 g/mol. The molecule has 1 aliphatic rings. The van der Waals surface area contributed by atoms with Gasteiger partial charge in [-0.3, -0.25) is 4.79 Å². The van der Waals surface area contributed by atoms with Gasteiger partial charge in [-0.25, -0.2) is 4.98 Å². The van der Waals surface area contributed by atoms with Crippen LogP contribution in [0.25, 0.3) is 11.0 Å². The Morgan fingerprint density at radius 1 is 1.09 bits per heavy atom. The number of piperidine rings is 1. The van der Waals surface area contributed by atoms with Crippen molar-refractivity contribution in [1.82, 2.24) is 14.5 Å². The quantitative estimate of drug-likeness (QED) is 0.478. The molecule has 33 heavy (non-hydrogen) atoms. The minimum Gasteiger partial charge on any atom is -0.378 e. The standard InChI is InChI=1S/C27H36N4OS/c1-19(32)30-14-12-20(13-15-30)18-31-25-11-10-23(17-24(25)28-26(31)27(2,3)4)33-22-9-7-8-21(16-22)29(5)6/h7-11,16-17,20H,12-15,18H2,1-6H3. The molecule has 0 bridgehead atoms. The summed E-state index contributed by atoms with van der Waals surface area (Å²) in [4.78, 5) is 23.4. The van der Waals surface area contributed by atoms with Crippen LogP contribution in [0, 0.1) is 5.92 Å². The van der Waals surface area contributed by atoms with E-state index in [-0.39, 0.29) is 11.3 Å². The SMILES string of the molecule is CC(=O)N1CCC(Cn2c(C(C)(C)C)nc3cc(Sc4cccc(N(C)C)c4)ccc32)CC1. The number of aromatic nitrogens is 2. The number of anilines is 1. The largest absolute Gasteiger partial charge is 0.378 e. The molecule has 3 aromatic rings. The van der Waals surface area contributed by atoms with Gasteiger partial charge < -0.3 is 14.4 Å². The van der Waals surface area contributed by atoms with Crippen LogP contribution in [0.1, 0.15) is 46.4 Å². The summed E-state index contributed by atoms with van der Waals surface area (Å²) >= 11 is 1.78. The molecule has 0 spiro atoms. The highest BCUT2D eigenvalue weighted by Crippen LogP contribution is 2.34. The zero-order chi connectivity index (χ0) is 23.8. The molecule has 0 radical (unpaired) electrons. The zero-order valence-electron chi connectivity index (χ0n) is 20.8. The fourth-order valence-corrected chi connectivity index (χ4v) is 5.49. The van der Waals surface area contributed by atoms with E-state index >= 15 is 0 Å². The van der Waals surface area contributed by atoms with Crippen LogP contribution in [0.4, 0.5) is 5.69 Å². The number of benzene rings is 2. The first-order valence-electron chi connectivity index (χ1n) is 11.8. The lowest BCUT2D eigenvalue weighted by atomic mass is 9.93. The minimum absolute atomic E-state index is 0.0353. The van der Waals surface area contributed by atoms with E-state index in [1.807, 2.05) is 4.90 Å². The molecular formula is C27H36N4OS. The molecule has 6 heteroatoms. The van der Waals surface area contributed by atoms with Crippen LogP contribution in [0.5, 0.6) is 0 Å². The number of nitrogens with zero attached hydrogens (tertiary/aromatic N) is 4. The Labute approximate surface area is 202 Å². The molecule has 0 N–H and O–H groups in total. The van der Waals surface area contributed by atoms with Crippen LogP contribution in [0.3, 0.4) is 0 Å². The van der Waals surface area contributed by atoms with Gasteiger partial charge in [-0.1, -0.05) is 38.6 Å². The summed E-state index contributed by atoms with van der Waals surface area (Å²) in [7, 11) is 4.14. The molecule has 2 heterocycles. The lowest BCUT2D eigenvalue weighted by Gasteiger charge is -2.32. The van der Waals surface area contributed by atoms with E-state index in [2.05, 4.69) is 86.8 Å². The van der Waals surface area contributed by atoms with E-state index < -0.39 is 0 Å². The summed E-state index contributed by atoms with van der Waals surface area (Å²) in [5.74, 6) is 1.91. The van der Waals surface area contributed by atoms with Crippen LogP contribution in [-0.2, 0) is 16.8 Å². The number of imidazole rings is 1. The molecular weight excluding hydrogens is 428 g/mol. The highest BCUT2D eigenvalue weighted by molar-refractivity contribution is 7.99. The molecule has 5 nitrogen and oxygen atoms in total. The first kappa shape index (κ1) is 23.7. The van der Waals surface area contributed by atoms with Crippen molar-refractivity contribution in [3.63, 3.8) is 0 Å². The van der Waals surface area contributed by atoms with Crippen LogP contribution in [-0.4, -0.2) is 47.5 Å². The van der Waals surface area contributed by atoms with Gasteiger partial charge in [0.1, 0.15) is 5.82 Å². The van der Waals surface area contributed by atoms with Gasteiger partial charge >= 0.3 is 0 Å². The van der Waals surface area contributed by atoms with Gasteiger partial charge in [-0.2, -0.15) is 0 Å². The predicted molar refractivity (Wildman–Crippen MR) is 138 cm³/mol. The van der Waals surface area contributed by atoms with Crippen LogP contribution in [0.15, 0.2) is 52.3 Å². The number of carbonyl (C=O) groups excluding carboxylic acids is 1. The number of likely N-dealkylation sites (tertiary alicyclic amines) is 1. The number of fused-ring (bicyclic) bond motifs is 1. The van der Waals surface area contributed by atoms with E-state index in [0.717, 1.165) is 43.8 Å². The molecule has 4 rings (SSSR count). The van der Waals surface area contributed by atoms with Crippen LogP contribution in [0.2, 0.25) is 0 Å². The van der Waals surface area contributed by atoms with Crippen LogP contribution >= 0.6 is 11.8 Å². The van der Waals surface area contributed by atoms with Crippen molar-refractivity contribution < 1.29 is 4.79 Å². The normalized spacial score (nSPS) is 15.3. The van der Waals surface area contributed by atoms with Crippen LogP contribution < -0.4 is 4.90 Å². The Balaban J connectivity index is 1.61. The lowest BCUT2D eigenvalue weighted by Crippen LogP contribution is -2.38. The number of rotatable bonds is 5. The second kappa shape index (κ2) is 9.41. The van der Waals surface area contributed by atoms with Gasteiger partial charge in [0.05, 0.1) is 11.0 Å². The van der Waals surface area contributed by atoms with Gasteiger partial charge in [0, 0.05) is 61.5 Å². The van der Waals surface area contributed by atoms with Crippen molar-refractivity contribution in [3.8, 4) is 0 Å². The van der Waals surface area contributed by atoms with Gasteiger partial charge in [-0.15, -0.1) is 0 Å². The highest BCUT2D eigenvalue weighted by atomic mass is 32.2. The summed E-state index contributed by atoms with van der Waals surface area (Å²) in [6, 6.07) is 15.3. The van der Waals surface area contributed by atoms with Crippen molar-refractivity contribution in [1.29, 1.82) is 0 Å². The Kier molecular flexibility index (Phi) is 6.76. The summed E-state index contributed by atoms with van der Waals surface area (Å²) in [5.41, 5.74) is 3.44. The topological polar surface area (TPSA) is 41.4 Å². The summed E-state index contributed by atoms with van der Waals surface area (Å²) in [6.07, 6.45) is 2.11. The van der Waals surface area contributed by atoms with Gasteiger partial charge in [0.2, 0.25) is 5.91 Å². The van der Waals surface area contributed by atoms with Gasteiger partial charge in [0.15, 0.2) is 0 Å². The fourth-order valence-electron chi connectivity index (χ4n) is 4.58. The second-order valence-corrected chi connectivity index (χ2v) is 11.5. The van der Waals surface area contributed by atoms with Gasteiger partial charge in [0.25, 0.3) is 0 Å². The Bertz CT molecular complexity index is 1140. The molecule has 176 valence electrons. The molecule has 1 aliphatic heterocycles. The van der Waals surface area contributed by atoms with Crippen molar-refractivity contribution in [2.24, 2.45) is 5.92 Å². The predicted octanol–water partition coefficient (Wildman–Crippen LogP) is 5.81. The molecule has 0 aliphatic carbocycles. The maximum absolute atomic E-state index is 11.7. The van der Waals surface area contributed by atoms with E-state index in [1.54, 1.807) is 18.7 Å². The third-order valence-electron chi connectivity index (χ3n) is 6.46. The highest BCUT2D eigenvalue weighted by Gasteiger charge is 2.27. The second-order valence-electron chi connectivity index (χ2n) is 10.4. The van der Waals surface area contributed by atoms with E-state index in [9.17, 15) is 4.79 Å². The number of hydrogen-bond donors (Lipinski definition) is 0. The maximum Gasteiger partial charge on any atom is 0.219 e. The Morgan fingerprint density at radius 2 is 1.79 bits per heavy atom. The van der Waals surface area contributed by atoms with Gasteiger partial charge in [-0.05, 0) is 55.2 Å². The maximum atomic E-state index is 11.7. The average Bonchev–Trinajstić information content (AvgIpc) is 3.12. The summed E-state index contributed by atoms with van der Waals surface area (Å²) in [5, 5.41) is 0. The Hall–Kier alpha value is -2.47. The van der Waals surface area contributed by atoms with Crippen molar-refractivity contribution in [2.45, 2.75) is 62.3 Å². The molecule has 1 saturated heterocycles. The molecule has 1 amide bonds. The third-order valence-corrected chi connectivity index (χ3v) is 7.44. The van der Waals surface area contributed by atoms with E-state index in [1.165, 1.54) is 21.0 Å². The molecule has 0 atom stereocenters. The smallest absolute Gasteiger partial charge is 0.219 e. The third kappa shape index (κ3) is 5.37. The first-order valence-corrected chi connectivity index (χ1v) is 12.6. The molecule has 0 saturated carbocycles. The van der Waals surface area contributed by atoms with Crippen molar-refractivity contribution in [3.05, 3.63) is 48.3 Å². The molecule has 2 aromatic carbocycles. The minimum atomic E-state index is -0.0353. The summed E-state index contributed by atoms with van der Waals surface area (Å²) < 4.78 is 2.44. The molecule has 1 aromatic heterocycles. The summed E-state index contributed by atoms with van der Waals surface area (Å²) in [6.45, 7) is 11.1. The van der Waals surface area contributed by atoms with Crippen molar-refractivity contribution >= 4 is 34.4 Å².